The molecule has 1 rings (SSSR count). The van der Waals surface area contributed by atoms with Crippen LogP contribution in [0.15, 0.2) is 5.38 Å². The summed E-state index contributed by atoms with van der Waals surface area (Å²) < 4.78 is 4.93. The van der Waals surface area contributed by atoms with E-state index in [0.29, 0.717) is 13.0 Å². The van der Waals surface area contributed by atoms with Crippen molar-refractivity contribution in [1.82, 2.24) is 4.98 Å². The van der Waals surface area contributed by atoms with Crippen LogP contribution in [0.3, 0.4) is 0 Å². The van der Waals surface area contributed by atoms with Crippen LogP contribution in [0.25, 0.3) is 0 Å². The van der Waals surface area contributed by atoms with Crippen molar-refractivity contribution in [3.63, 3.8) is 0 Å². The van der Waals surface area contributed by atoms with Gasteiger partial charge in [-0.15, -0.1) is 11.3 Å². The van der Waals surface area contributed by atoms with Crippen LogP contribution in [0, 0.1) is 0 Å². The predicted octanol–water partition coefficient (Wildman–Crippen LogP) is 0.867. The molecule has 0 amide bonds. The molecule has 0 radical (unpaired) electrons. The fraction of sp³-hybridized carbons (Fsp3) is 0.625. The van der Waals surface area contributed by atoms with Gasteiger partial charge in [-0.05, 0) is 0 Å². The van der Waals surface area contributed by atoms with Crippen molar-refractivity contribution in [2.75, 3.05) is 20.3 Å². The second kappa shape index (κ2) is 5.24. The molecule has 0 saturated heterocycles. The van der Waals surface area contributed by atoms with Crippen LogP contribution in [0.4, 0.5) is 0 Å². The van der Waals surface area contributed by atoms with E-state index in [9.17, 15) is 0 Å². The Balaban J connectivity index is 2.41. The van der Waals surface area contributed by atoms with E-state index in [4.69, 9.17) is 9.84 Å². The normalized spacial score (nSPS) is 10.5. The number of aromatic nitrogens is 1. The van der Waals surface area contributed by atoms with Crippen LogP contribution in [0.1, 0.15) is 10.7 Å². The third kappa shape index (κ3) is 2.89. The summed E-state index contributed by atoms with van der Waals surface area (Å²) in [5.41, 5.74) is 0.980. The summed E-state index contributed by atoms with van der Waals surface area (Å²) in [7, 11) is 1.68. The van der Waals surface area contributed by atoms with Crippen LogP contribution >= 0.6 is 11.3 Å². The van der Waals surface area contributed by atoms with Crippen molar-refractivity contribution in [1.29, 1.82) is 0 Å². The number of ether oxygens (including phenoxy) is 1. The maximum Gasteiger partial charge on any atom is 0.0951 e. The number of methoxy groups -OCH3 is 1. The van der Waals surface area contributed by atoms with Crippen molar-refractivity contribution < 1.29 is 9.84 Å². The van der Waals surface area contributed by atoms with Crippen LogP contribution in [0.5, 0.6) is 0 Å². The van der Waals surface area contributed by atoms with Gasteiger partial charge in [-0.1, -0.05) is 0 Å². The lowest BCUT2D eigenvalue weighted by atomic mass is 10.3. The molecule has 3 nitrogen and oxygen atoms in total. The van der Waals surface area contributed by atoms with Gasteiger partial charge in [0.15, 0.2) is 0 Å². The maximum atomic E-state index is 8.64. The molecule has 0 unspecified atom stereocenters. The molecule has 0 spiro atoms. The first-order valence-corrected chi connectivity index (χ1v) is 4.78. The fourth-order valence-corrected chi connectivity index (χ4v) is 1.70. The molecule has 1 aromatic rings. The van der Waals surface area contributed by atoms with Gasteiger partial charge < -0.3 is 9.84 Å². The Morgan fingerprint density at radius 2 is 2.42 bits per heavy atom. The topological polar surface area (TPSA) is 42.4 Å². The number of hydrogen-bond donors (Lipinski definition) is 1. The summed E-state index contributed by atoms with van der Waals surface area (Å²) in [6.45, 7) is 0.888. The maximum absolute atomic E-state index is 8.64. The highest BCUT2D eigenvalue weighted by Gasteiger charge is 2.00. The fourth-order valence-electron chi connectivity index (χ4n) is 0.882. The minimum atomic E-state index is 0.174. The molecule has 0 aliphatic heterocycles. The van der Waals surface area contributed by atoms with E-state index < -0.39 is 0 Å². The van der Waals surface area contributed by atoms with Crippen LogP contribution in [-0.2, 0) is 17.6 Å². The Morgan fingerprint density at radius 3 is 3.08 bits per heavy atom. The van der Waals surface area contributed by atoms with E-state index in [0.717, 1.165) is 17.1 Å². The minimum absolute atomic E-state index is 0.174. The van der Waals surface area contributed by atoms with E-state index in [1.54, 1.807) is 18.4 Å². The molecule has 68 valence electrons. The molecule has 0 aliphatic rings. The summed E-state index contributed by atoms with van der Waals surface area (Å²) in [6, 6.07) is 0. The van der Waals surface area contributed by atoms with Gasteiger partial charge in [0.05, 0.1) is 17.3 Å². The zero-order valence-corrected chi connectivity index (χ0v) is 7.93. The molecular weight excluding hydrogens is 174 g/mol. The van der Waals surface area contributed by atoms with Crippen molar-refractivity contribution >= 4 is 11.3 Å². The average Bonchev–Trinajstić information content (AvgIpc) is 2.50. The van der Waals surface area contributed by atoms with Gasteiger partial charge in [-0.25, -0.2) is 4.98 Å². The first-order valence-electron chi connectivity index (χ1n) is 3.90. The molecule has 4 heteroatoms. The summed E-state index contributed by atoms with van der Waals surface area (Å²) in [5, 5.41) is 11.7. The second-order valence-electron chi connectivity index (χ2n) is 2.45. The summed E-state index contributed by atoms with van der Waals surface area (Å²) in [5.74, 6) is 0. The van der Waals surface area contributed by atoms with Crippen molar-refractivity contribution in [3.8, 4) is 0 Å². The highest BCUT2D eigenvalue weighted by atomic mass is 32.1. The Morgan fingerprint density at radius 1 is 1.58 bits per heavy atom. The first kappa shape index (κ1) is 9.64. The Hall–Kier alpha value is -0.450. The number of thiazole rings is 1. The number of rotatable bonds is 5. The quantitative estimate of drug-likeness (QED) is 0.743. The molecule has 0 fully saturated rings. The Bertz CT molecular complexity index is 225. The van der Waals surface area contributed by atoms with Crippen LogP contribution in [0.2, 0.25) is 0 Å². The largest absolute Gasteiger partial charge is 0.396 e. The monoisotopic (exact) mass is 187 g/mol. The molecule has 1 N–H and O–H groups in total. The predicted molar refractivity (Wildman–Crippen MR) is 48.5 cm³/mol. The van der Waals surface area contributed by atoms with Gasteiger partial charge in [0.25, 0.3) is 0 Å². The third-order valence-electron chi connectivity index (χ3n) is 1.49. The standard InChI is InChI=1S/C8H13NO2S/c1-11-5-3-8-9-7(2-4-10)6-12-8/h6,10H,2-5H2,1H3. The van der Waals surface area contributed by atoms with E-state index in [1.165, 1.54) is 0 Å². The third-order valence-corrected chi connectivity index (χ3v) is 2.44. The van der Waals surface area contributed by atoms with Crippen LogP contribution in [-0.4, -0.2) is 30.4 Å². The second-order valence-corrected chi connectivity index (χ2v) is 3.39. The minimum Gasteiger partial charge on any atom is -0.396 e. The van der Waals surface area contributed by atoms with Gasteiger partial charge in [0.1, 0.15) is 0 Å². The lowest BCUT2D eigenvalue weighted by Crippen LogP contribution is -1.95. The zero-order valence-electron chi connectivity index (χ0n) is 7.12. The summed E-state index contributed by atoms with van der Waals surface area (Å²) >= 11 is 1.63. The number of hydrogen-bond acceptors (Lipinski definition) is 4. The van der Waals surface area contributed by atoms with Crippen molar-refractivity contribution in [2.24, 2.45) is 0 Å². The molecule has 1 aromatic heterocycles. The van der Waals surface area contributed by atoms with Gasteiger partial charge in [0.2, 0.25) is 0 Å². The lowest BCUT2D eigenvalue weighted by molar-refractivity contribution is 0.202. The molecule has 1 heterocycles. The first-order chi connectivity index (χ1) is 5.86. The van der Waals surface area contributed by atoms with Gasteiger partial charge >= 0.3 is 0 Å². The summed E-state index contributed by atoms with van der Waals surface area (Å²) in [4.78, 5) is 4.32. The SMILES string of the molecule is COCCc1nc(CCO)cs1. The smallest absolute Gasteiger partial charge is 0.0951 e. The van der Waals surface area contributed by atoms with Crippen molar-refractivity contribution in [2.45, 2.75) is 12.8 Å². The molecule has 0 bridgehead atoms. The molecule has 0 saturated carbocycles. The molecule has 0 aliphatic carbocycles. The number of aliphatic hydroxyl groups is 1. The summed E-state index contributed by atoms with van der Waals surface area (Å²) in [6.07, 6.45) is 1.52. The molecular formula is C8H13NO2S. The zero-order chi connectivity index (χ0) is 8.81. The Kier molecular flexibility index (Phi) is 4.21. The lowest BCUT2D eigenvalue weighted by Gasteiger charge is -1.93. The van der Waals surface area contributed by atoms with Gasteiger partial charge in [-0.2, -0.15) is 0 Å². The average molecular weight is 187 g/mol. The van der Waals surface area contributed by atoms with Gasteiger partial charge in [0, 0.05) is 31.9 Å². The van der Waals surface area contributed by atoms with E-state index in [2.05, 4.69) is 4.98 Å². The van der Waals surface area contributed by atoms with Crippen molar-refractivity contribution in [3.05, 3.63) is 16.1 Å². The van der Waals surface area contributed by atoms with Crippen LogP contribution < -0.4 is 0 Å². The molecule has 0 aromatic carbocycles. The Labute approximate surface area is 76.0 Å². The van der Waals surface area contributed by atoms with E-state index in [1.807, 2.05) is 5.38 Å². The van der Waals surface area contributed by atoms with Gasteiger partial charge in [-0.3, -0.25) is 0 Å². The van der Waals surface area contributed by atoms with E-state index >= 15 is 0 Å². The highest BCUT2D eigenvalue weighted by molar-refractivity contribution is 7.09. The molecule has 0 atom stereocenters. The highest BCUT2D eigenvalue weighted by Crippen LogP contribution is 2.10. The number of nitrogens with zero attached hydrogens (tertiary/aromatic N) is 1. The molecule has 12 heavy (non-hydrogen) atoms. The number of aliphatic hydroxyl groups excluding tert-OH is 1. The van der Waals surface area contributed by atoms with E-state index in [-0.39, 0.29) is 6.61 Å².